The highest BCUT2D eigenvalue weighted by molar-refractivity contribution is 5.45. The van der Waals surface area contributed by atoms with Crippen LogP contribution >= 0.6 is 0 Å². The largest absolute Gasteiger partial charge is 0.313 e. The lowest BCUT2D eigenvalue weighted by atomic mass is 10.3. The second-order valence-corrected chi connectivity index (χ2v) is 3.52. The van der Waals surface area contributed by atoms with E-state index in [4.69, 9.17) is 0 Å². The van der Waals surface area contributed by atoms with Crippen LogP contribution in [0.5, 0.6) is 0 Å². The van der Waals surface area contributed by atoms with E-state index >= 15 is 0 Å². The molecule has 2 aromatic rings. The number of benzene rings is 1. The van der Waals surface area contributed by atoms with Crippen molar-refractivity contribution in [3.05, 3.63) is 51.8 Å². The fourth-order valence-electron chi connectivity index (χ4n) is 1.72. The van der Waals surface area contributed by atoms with Gasteiger partial charge in [0, 0.05) is 0 Å². The molecule has 0 aliphatic rings. The number of nitrogens with zero attached hydrogens (tertiary/aromatic N) is 3. The molecule has 0 spiro atoms. The molecule has 0 atom stereocenters. The Hall–Kier alpha value is -2.17. The Bertz CT molecular complexity index is 532. The molecule has 0 saturated heterocycles. The molecule has 0 radical (unpaired) electrons. The fraction of sp³-hybridized carbons (Fsp3) is 0.182. The average molecular weight is 217 g/mol. The van der Waals surface area contributed by atoms with Gasteiger partial charge in [0.15, 0.2) is 0 Å². The van der Waals surface area contributed by atoms with Gasteiger partial charge in [-0.3, -0.25) is 10.1 Å². The molecule has 1 heterocycles. The second kappa shape index (κ2) is 3.77. The molecular weight excluding hydrogens is 206 g/mol. The van der Waals surface area contributed by atoms with Gasteiger partial charge >= 0.3 is 5.69 Å². The maximum absolute atomic E-state index is 10.8. The van der Waals surface area contributed by atoms with Gasteiger partial charge in [-0.2, -0.15) is 5.10 Å². The highest BCUT2D eigenvalue weighted by Gasteiger charge is 2.22. The van der Waals surface area contributed by atoms with Crippen molar-refractivity contribution in [1.82, 2.24) is 9.78 Å². The number of aromatic nitrogens is 2. The van der Waals surface area contributed by atoms with Crippen molar-refractivity contribution in [2.45, 2.75) is 13.8 Å². The maximum Gasteiger partial charge on any atom is 0.313 e. The number of rotatable bonds is 2. The van der Waals surface area contributed by atoms with Gasteiger partial charge < -0.3 is 0 Å². The summed E-state index contributed by atoms with van der Waals surface area (Å²) in [6, 6.07) is 9.37. The van der Waals surface area contributed by atoms with Gasteiger partial charge in [0.2, 0.25) is 0 Å². The van der Waals surface area contributed by atoms with Gasteiger partial charge in [0.1, 0.15) is 11.4 Å². The van der Waals surface area contributed by atoms with Gasteiger partial charge in [-0.15, -0.1) is 0 Å². The lowest BCUT2D eigenvalue weighted by molar-refractivity contribution is -0.386. The summed E-state index contributed by atoms with van der Waals surface area (Å²) >= 11 is 0. The molecular formula is C11H11N3O2. The highest BCUT2D eigenvalue weighted by Crippen LogP contribution is 2.24. The van der Waals surface area contributed by atoms with E-state index in [9.17, 15) is 10.1 Å². The molecule has 0 bridgehead atoms. The second-order valence-electron chi connectivity index (χ2n) is 3.52. The molecule has 0 unspecified atom stereocenters. The summed E-state index contributed by atoms with van der Waals surface area (Å²) in [5.41, 5.74) is 1.90. The van der Waals surface area contributed by atoms with Crippen LogP contribution in [0.3, 0.4) is 0 Å². The number of hydrogen-bond donors (Lipinski definition) is 0. The Morgan fingerprint density at radius 1 is 1.25 bits per heavy atom. The van der Waals surface area contributed by atoms with Crippen molar-refractivity contribution in [2.75, 3.05) is 0 Å². The first kappa shape index (κ1) is 10.4. The normalized spacial score (nSPS) is 10.4. The van der Waals surface area contributed by atoms with Crippen molar-refractivity contribution in [3.63, 3.8) is 0 Å². The number of para-hydroxylation sites is 1. The molecule has 1 aromatic carbocycles. The van der Waals surface area contributed by atoms with Crippen molar-refractivity contribution in [3.8, 4) is 5.69 Å². The predicted octanol–water partition coefficient (Wildman–Crippen LogP) is 2.40. The van der Waals surface area contributed by atoms with E-state index in [1.807, 2.05) is 30.3 Å². The summed E-state index contributed by atoms with van der Waals surface area (Å²) in [5.74, 6) is 0. The van der Waals surface area contributed by atoms with Crippen LogP contribution in [0, 0.1) is 24.0 Å². The summed E-state index contributed by atoms with van der Waals surface area (Å²) in [5, 5.41) is 15.0. The van der Waals surface area contributed by atoms with Crippen LogP contribution in [-0.4, -0.2) is 14.7 Å². The topological polar surface area (TPSA) is 61.0 Å². The summed E-state index contributed by atoms with van der Waals surface area (Å²) in [6.45, 7) is 3.34. The van der Waals surface area contributed by atoms with Gasteiger partial charge in [-0.05, 0) is 26.0 Å². The van der Waals surface area contributed by atoms with Crippen molar-refractivity contribution < 1.29 is 4.92 Å². The first-order valence-electron chi connectivity index (χ1n) is 4.87. The number of nitro groups is 1. The van der Waals surface area contributed by atoms with E-state index in [1.54, 1.807) is 18.5 Å². The molecule has 0 aliphatic carbocycles. The molecule has 2 rings (SSSR count). The van der Waals surface area contributed by atoms with E-state index in [1.165, 1.54) is 0 Å². The minimum atomic E-state index is -0.392. The van der Waals surface area contributed by atoms with E-state index in [0.29, 0.717) is 11.4 Å². The third-order valence-electron chi connectivity index (χ3n) is 2.44. The van der Waals surface area contributed by atoms with Gasteiger partial charge in [0.05, 0.1) is 10.6 Å². The monoisotopic (exact) mass is 217 g/mol. The third kappa shape index (κ3) is 1.56. The molecule has 0 amide bonds. The lowest BCUT2D eigenvalue weighted by Gasteiger charge is -2.01. The molecule has 0 N–H and O–H groups in total. The minimum absolute atomic E-state index is 0.0869. The zero-order chi connectivity index (χ0) is 11.7. The number of aryl methyl sites for hydroxylation is 1. The van der Waals surface area contributed by atoms with Crippen LogP contribution in [0.25, 0.3) is 5.69 Å². The van der Waals surface area contributed by atoms with Gasteiger partial charge in [0.25, 0.3) is 0 Å². The standard InChI is InChI=1S/C11H11N3O2/c1-8-11(14(15)16)9(2)13(12-8)10-6-4-3-5-7-10/h3-7H,1-2H3. The minimum Gasteiger partial charge on any atom is -0.258 e. The summed E-state index contributed by atoms with van der Waals surface area (Å²) in [6.07, 6.45) is 0. The third-order valence-corrected chi connectivity index (χ3v) is 2.44. The van der Waals surface area contributed by atoms with E-state index in [0.717, 1.165) is 5.69 Å². The zero-order valence-corrected chi connectivity index (χ0v) is 9.04. The molecule has 16 heavy (non-hydrogen) atoms. The Morgan fingerprint density at radius 3 is 2.38 bits per heavy atom. The molecule has 1 aromatic heterocycles. The number of hydrogen-bond acceptors (Lipinski definition) is 3. The Kier molecular flexibility index (Phi) is 2.44. The van der Waals surface area contributed by atoms with Gasteiger partial charge in [-0.25, -0.2) is 4.68 Å². The van der Waals surface area contributed by atoms with E-state index < -0.39 is 4.92 Å². The molecule has 5 heteroatoms. The summed E-state index contributed by atoms with van der Waals surface area (Å²) in [7, 11) is 0. The molecule has 0 aliphatic heterocycles. The average Bonchev–Trinajstić information content (AvgIpc) is 2.55. The quantitative estimate of drug-likeness (QED) is 0.573. The lowest BCUT2D eigenvalue weighted by Crippen LogP contribution is -1.99. The fourth-order valence-corrected chi connectivity index (χ4v) is 1.72. The van der Waals surface area contributed by atoms with Crippen LogP contribution in [-0.2, 0) is 0 Å². The molecule has 0 saturated carbocycles. The SMILES string of the molecule is Cc1nn(-c2ccccc2)c(C)c1[N+](=O)[O-]. The molecule has 5 nitrogen and oxygen atoms in total. The van der Waals surface area contributed by atoms with Crippen LogP contribution in [0.2, 0.25) is 0 Å². The van der Waals surface area contributed by atoms with Crippen LogP contribution in [0.15, 0.2) is 30.3 Å². The van der Waals surface area contributed by atoms with Crippen LogP contribution < -0.4 is 0 Å². The summed E-state index contributed by atoms with van der Waals surface area (Å²) in [4.78, 5) is 10.4. The smallest absolute Gasteiger partial charge is 0.258 e. The first-order chi connectivity index (χ1) is 7.61. The van der Waals surface area contributed by atoms with Crippen LogP contribution in [0.4, 0.5) is 5.69 Å². The Morgan fingerprint density at radius 2 is 1.88 bits per heavy atom. The van der Waals surface area contributed by atoms with E-state index in [-0.39, 0.29) is 5.69 Å². The zero-order valence-electron chi connectivity index (χ0n) is 9.04. The van der Waals surface area contributed by atoms with Gasteiger partial charge in [-0.1, -0.05) is 18.2 Å². The van der Waals surface area contributed by atoms with Crippen molar-refractivity contribution in [2.24, 2.45) is 0 Å². The molecule has 0 fully saturated rings. The van der Waals surface area contributed by atoms with Crippen molar-refractivity contribution >= 4 is 5.69 Å². The van der Waals surface area contributed by atoms with Crippen LogP contribution in [0.1, 0.15) is 11.4 Å². The predicted molar refractivity (Wildman–Crippen MR) is 59.7 cm³/mol. The first-order valence-corrected chi connectivity index (χ1v) is 4.87. The maximum atomic E-state index is 10.8. The molecule has 82 valence electrons. The van der Waals surface area contributed by atoms with E-state index in [2.05, 4.69) is 5.10 Å². The highest BCUT2D eigenvalue weighted by atomic mass is 16.6. The Labute approximate surface area is 92.5 Å². The summed E-state index contributed by atoms with van der Waals surface area (Å²) < 4.78 is 1.59. The Balaban J connectivity index is 2.61. The van der Waals surface area contributed by atoms with Crippen molar-refractivity contribution in [1.29, 1.82) is 0 Å².